The molecule has 0 amide bonds. The van der Waals surface area contributed by atoms with E-state index in [2.05, 4.69) is 27.0 Å². The quantitative estimate of drug-likeness (QED) is 0.362. The molecule has 0 saturated carbocycles. The van der Waals surface area contributed by atoms with Gasteiger partial charge in [-0.2, -0.15) is 0 Å². The molecule has 1 aliphatic rings. The first-order valence-corrected chi connectivity index (χ1v) is 6.47. The molecular formula is C13H21N5O. The van der Waals surface area contributed by atoms with Gasteiger partial charge in [0.05, 0.1) is 0 Å². The van der Waals surface area contributed by atoms with Crippen molar-refractivity contribution in [3.63, 3.8) is 0 Å². The number of oxime groups is 1. The van der Waals surface area contributed by atoms with E-state index >= 15 is 0 Å². The summed E-state index contributed by atoms with van der Waals surface area (Å²) < 4.78 is 0. The predicted octanol–water partition coefficient (Wildman–Crippen LogP) is 0.707. The van der Waals surface area contributed by atoms with E-state index in [0.29, 0.717) is 11.6 Å². The minimum atomic E-state index is 0.0808. The maximum Gasteiger partial charge on any atom is 0.171 e. The minimum absolute atomic E-state index is 0.0808. The predicted molar refractivity (Wildman–Crippen MR) is 75.7 cm³/mol. The van der Waals surface area contributed by atoms with Crippen molar-refractivity contribution < 1.29 is 5.21 Å². The second kappa shape index (κ2) is 5.88. The van der Waals surface area contributed by atoms with Gasteiger partial charge in [0, 0.05) is 31.4 Å². The Morgan fingerprint density at radius 1 is 1.63 bits per heavy atom. The van der Waals surface area contributed by atoms with Gasteiger partial charge in [-0.3, -0.25) is 0 Å². The molecule has 1 saturated heterocycles. The van der Waals surface area contributed by atoms with Crippen LogP contribution in [-0.2, 0) is 0 Å². The summed E-state index contributed by atoms with van der Waals surface area (Å²) in [5.41, 5.74) is 6.13. The molecule has 1 fully saturated rings. The molecule has 1 atom stereocenters. The van der Waals surface area contributed by atoms with E-state index in [0.717, 1.165) is 12.4 Å². The highest BCUT2D eigenvalue weighted by Gasteiger charge is 2.22. The number of hydrogen-bond donors (Lipinski definition) is 2. The molecule has 3 N–H and O–H groups in total. The van der Waals surface area contributed by atoms with Crippen molar-refractivity contribution in [2.75, 3.05) is 32.1 Å². The molecule has 0 bridgehead atoms. The second-order valence-electron chi connectivity index (χ2n) is 5.05. The van der Waals surface area contributed by atoms with Crippen molar-refractivity contribution in [1.29, 1.82) is 0 Å². The van der Waals surface area contributed by atoms with Crippen LogP contribution < -0.4 is 10.6 Å². The van der Waals surface area contributed by atoms with Crippen LogP contribution in [-0.4, -0.2) is 54.2 Å². The Balaban J connectivity index is 2.01. The van der Waals surface area contributed by atoms with Gasteiger partial charge in [-0.25, -0.2) is 4.98 Å². The lowest BCUT2D eigenvalue weighted by atomic mass is 10.2. The molecule has 2 heterocycles. The minimum Gasteiger partial charge on any atom is -0.409 e. The van der Waals surface area contributed by atoms with Crippen LogP contribution in [0, 0.1) is 0 Å². The Bertz CT molecular complexity index is 445. The highest BCUT2D eigenvalue weighted by molar-refractivity contribution is 5.96. The summed E-state index contributed by atoms with van der Waals surface area (Å²) in [6, 6.07) is 4.30. The molecule has 0 aliphatic carbocycles. The van der Waals surface area contributed by atoms with Crippen LogP contribution in [0.4, 0.5) is 5.82 Å². The van der Waals surface area contributed by atoms with Gasteiger partial charge >= 0.3 is 0 Å². The standard InChI is InChI=1S/C13H21N5O/c1-17-7-3-4-11(17)9-18(2)12-6-5-10(8-15-12)13(14)16-19/h5-6,8,11,19H,3-4,7,9H2,1-2H3,(H2,14,16). The molecule has 0 spiro atoms. The fraction of sp³-hybridized carbons (Fsp3) is 0.538. The molecule has 1 aromatic heterocycles. The molecule has 1 aliphatic heterocycles. The largest absolute Gasteiger partial charge is 0.409 e. The first-order chi connectivity index (χ1) is 9.11. The number of aromatic nitrogens is 1. The molecule has 104 valence electrons. The smallest absolute Gasteiger partial charge is 0.171 e. The Hall–Kier alpha value is -1.82. The average Bonchev–Trinajstić information content (AvgIpc) is 2.83. The van der Waals surface area contributed by atoms with Crippen molar-refractivity contribution in [3.8, 4) is 0 Å². The molecular weight excluding hydrogens is 242 g/mol. The monoisotopic (exact) mass is 263 g/mol. The number of amidine groups is 1. The molecule has 0 radical (unpaired) electrons. The van der Waals surface area contributed by atoms with E-state index in [1.54, 1.807) is 6.20 Å². The summed E-state index contributed by atoms with van der Waals surface area (Å²) in [6.07, 6.45) is 4.13. The highest BCUT2D eigenvalue weighted by atomic mass is 16.4. The first-order valence-electron chi connectivity index (χ1n) is 6.47. The third kappa shape index (κ3) is 3.14. The lowest BCUT2D eigenvalue weighted by molar-refractivity contribution is 0.314. The molecule has 1 aromatic rings. The average molecular weight is 263 g/mol. The molecule has 2 rings (SSSR count). The van der Waals surface area contributed by atoms with Gasteiger partial charge < -0.3 is 20.7 Å². The number of hydrogen-bond acceptors (Lipinski definition) is 5. The summed E-state index contributed by atoms with van der Waals surface area (Å²) in [6.45, 7) is 2.14. The van der Waals surface area contributed by atoms with Gasteiger partial charge in [-0.15, -0.1) is 0 Å². The van der Waals surface area contributed by atoms with Gasteiger partial charge in [0.15, 0.2) is 5.84 Å². The van der Waals surface area contributed by atoms with Crippen molar-refractivity contribution in [2.24, 2.45) is 10.9 Å². The first kappa shape index (κ1) is 13.6. The van der Waals surface area contributed by atoms with E-state index in [1.165, 1.54) is 19.4 Å². The molecule has 0 aromatic carbocycles. The van der Waals surface area contributed by atoms with E-state index in [4.69, 9.17) is 10.9 Å². The number of rotatable bonds is 4. The van der Waals surface area contributed by atoms with Gasteiger partial charge in [0.2, 0.25) is 0 Å². The number of likely N-dealkylation sites (tertiary alicyclic amines) is 1. The number of nitrogens with two attached hydrogens (primary N) is 1. The third-order valence-corrected chi connectivity index (χ3v) is 3.70. The molecule has 6 heteroatoms. The maximum atomic E-state index is 8.60. The van der Waals surface area contributed by atoms with Crippen molar-refractivity contribution in [2.45, 2.75) is 18.9 Å². The van der Waals surface area contributed by atoms with Gasteiger partial charge in [0.1, 0.15) is 5.82 Å². The Morgan fingerprint density at radius 3 is 2.95 bits per heavy atom. The maximum absolute atomic E-state index is 8.60. The van der Waals surface area contributed by atoms with E-state index in [9.17, 15) is 0 Å². The Labute approximate surface area is 113 Å². The number of nitrogens with zero attached hydrogens (tertiary/aromatic N) is 4. The van der Waals surface area contributed by atoms with Crippen LogP contribution in [0.5, 0.6) is 0 Å². The highest BCUT2D eigenvalue weighted by Crippen LogP contribution is 2.18. The van der Waals surface area contributed by atoms with Crippen LogP contribution >= 0.6 is 0 Å². The van der Waals surface area contributed by atoms with E-state index < -0.39 is 0 Å². The summed E-state index contributed by atoms with van der Waals surface area (Å²) in [5.74, 6) is 0.979. The lowest BCUT2D eigenvalue weighted by Crippen LogP contribution is -2.37. The van der Waals surface area contributed by atoms with E-state index in [-0.39, 0.29) is 5.84 Å². The Morgan fingerprint density at radius 2 is 2.42 bits per heavy atom. The zero-order chi connectivity index (χ0) is 13.8. The summed E-state index contributed by atoms with van der Waals surface area (Å²) in [7, 11) is 4.21. The molecule has 6 nitrogen and oxygen atoms in total. The van der Waals surface area contributed by atoms with Crippen LogP contribution in [0.2, 0.25) is 0 Å². The van der Waals surface area contributed by atoms with Crippen LogP contribution in [0.25, 0.3) is 0 Å². The second-order valence-corrected chi connectivity index (χ2v) is 5.05. The Kier molecular flexibility index (Phi) is 4.21. The normalized spacial score (nSPS) is 20.7. The zero-order valence-electron chi connectivity index (χ0n) is 11.5. The molecule has 19 heavy (non-hydrogen) atoms. The van der Waals surface area contributed by atoms with Gasteiger partial charge in [0.25, 0.3) is 0 Å². The van der Waals surface area contributed by atoms with Crippen LogP contribution in [0.1, 0.15) is 18.4 Å². The number of pyridine rings is 1. The summed E-state index contributed by atoms with van der Waals surface area (Å²) in [4.78, 5) is 8.88. The van der Waals surface area contributed by atoms with Crippen LogP contribution in [0.3, 0.4) is 0 Å². The van der Waals surface area contributed by atoms with Crippen molar-refractivity contribution >= 4 is 11.7 Å². The summed E-state index contributed by atoms with van der Waals surface area (Å²) >= 11 is 0. The lowest BCUT2D eigenvalue weighted by Gasteiger charge is -2.26. The van der Waals surface area contributed by atoms with E-state index in [1.807, 2.05) is 19.2 Å². The van der Waals surface area contributed by atoms with Gasteiger partial charge in [-0.05, 0) is 38.6 Å². The van der Waals surface area contributed by atoms with Crippen LogP contribution in [0.15, 0.2) is 23.5 Å². The van der Waals surface area contributed by atoms with Crippen molar-refractivity contribution in [3.05, 3.63) is 23.9 Å². The third-order valence-electron chi connectivity index (χ3n) is 3.70. The summed E-state index contributed by atoms with van der Waals surface area (Å²) in [5, 5.41) is 11.6. The SMILES string of the molecule is CN(CC1CCCN1C)c1ccc(C(N)=NO)cn1. The fourth-order valence-electron chi connectivity index (χ4n) is 2.44. The molecule has 1 unspecified atom stereocenters. The zero-order valence-corrected chi connectivity index (χ0v) is 11.5. The van der Waals surface area contributed by atoms with Crippen molar-refractivity contribution in [1.82, 2.24) is 9.88 Å². The van der Waals surface area contributed by atoms with Gasteiger partial charge in [-0.1, -0.05) is 5.16 Å². The topological polar surface area (TPSA) is 78.0 Å². The number of anilines is 1. The fourth-order valence-corrected chi connectivity index (χ4v) is 2.44. The number of likely N-dealkylation sites (N-methyl/N-ethyl adjacent to an activating group) is 2.